The van der Waals surface area contributed by atoms with Gasteiger partial charge >= 0.3 is 5.69 Å². The van der Waals surface area contributed by atoms with Gasteiger partial charge in [0.05, 0.1) is 24.7 Å². The van der Waals surface area contributed by atoms with Gasteiger partial charge in [0.25, 0.3) is 5.56 Å². The van der Waals surface area contributed by atoms with E-state index in [1.165, 1.54) is 0 Å². The SMILES string of the molecule is [C-]#[N+]CCNCC1(C)CCN(c2ccc3c(=O)[nH]c(=O)n(C4CC4)c3c2OC)C1. The van der Waals surface area contributed by atoms with E-state index in [0.717, 1.165) is 44.6 Å². The lowest BCUT2D eigenvalue weighted by atomic mass is 9.90. The van der Waals surface area contributed by atoms with Crippen molar-refractivity contribution in [1.82, 2.24) is 14.9 Å². The van der Waals surface area contributed by atoms with Crippen molar-refractivity contribution in [2.75, 3.05) is 44.7 Å². The van der Waals surface area contributed by atoms with Crippen LogP contribution in [0.2, 0.25) is 0 Å². The largest absolute Gasteiger partial charge is 0.492 e. The second-order valence-electron chi connectivity index (χ2n) is 8.42. The molecule has 2 fully saturated rings. The first-order chi connectivity index (χ1) is 14.0. The highest BCUT2D eigenvalue weighted by molar-refractivity contribution is 5.90. The molecule has 4 rings (SSSR count). The van der Waals surface area contributed by atoms with Gasteiger partial charge in [-0.15, -0.1) is 0 Å². The van der Waals surface area contributed by atoms with E-state index in [4.69, 9.17) is 11.3 Å². The Balaban J connectivity index is 1.70. The summed E-state index contributed by atoms with van der Waals surface area (Å²) in [5, 5.41) is 3.87. The lowest BCUT2D eigenvalue weighted by Crippen LogP contribution is -2.36. The molecule has 0 radical (unpaired) electrons. The van der Waals surface area contributed by atoms with E-state index in [1.807, 2.05) is 6.07 Å². The molecule has 1 aromatic heterocycles. The van der Waals surface area contributed by atoms with E-state index in [2.05, 4.69) is 27.0 Å². The molecule has 0 spiro atoms. The van der Waals surface area contributed by atoms with Crippen molar-refractivity contribution in [3.8, 4) is 5.75 Å². The number of H-pyrrole nitrogens is 1. The minimum absolute atomic E-state index is 0.0896. The first-order valence-corrected chi connectivity index (χ1v) is 10.1. The van der Waals surface area contributed by atoms with Crippen LogP contribution in [0.1, 0.15) is 32.2 Å². The monoisotopic (exact) mass is 397 g/mol. The Morgan fingerprint density at radius 3 is 2.86 bits per heavy atom. The van der Waals surface area contributed by atoms with Crippen molar-refractivity contribution in [2.45, 2.75) is 32.2 Å². The molecule has 29 heavy (non-hydrogen) atoms. The lowest BCUT2D eigenvalue weighted by Gasteiger charge is -2.27. The summed E-state index contributed by atoms with van der Waals surface area (Å²) < 4.78 is 7.47. The van der Waals surface area contributed by atoms with Gasteiger partial charge in [0.2, 0.25) is 6.54 Å². The van der Waals surface area contributed by atoms with Crippen LogP contribution in [-0.2, 0) is 0 Å². The number of aromatic nitrogens is 2. The summed E-state index contributed by atoms with van der Waals surface area (Å²) in [6.07, 6.45) is 2.89. The van der Waals surface area contributed by atoms with Crippen LogP contribution in [0, 0.1) is 12.0 Å². The molecule has 0 bridgehead atoms. The minimum atomic E-state index is -0.373. The van der Waals surface area contributed by atoms with E-state index in [0.29, 0.717) is 29.7 Å². The Morgan fingerprint density at radius 1 is 1.38 bits per heavy atom. The van der Waals surface area contributed by atoms with E-state index >= 15 is 0 Å². The molecule has 1 saturated carbocycles. The molecule has 1 atom stereocenters. The van der Waals surface area contributed by atoms with E-state index in [-0.39, 0.29) is 22.7 Å². The second kappa shape index (κ2) is 7.56. The van der Waals surface area contributed by atoms with E-state index in [1.54, 1.807) is 17.7 Å². The Morgan fingerprint density at radius 2 is 2.17 bits per heavy atom. The number of nitrogens with one attached hydrogen (secondary N) is 2. The minimum Gasteiger partial charge on any atom is -0.492 e. The summed E-state index contributed by atoms with van der Waals surface area (Å²) in [4.78, 5) is 33.0. The van der Waals surface area contributed by atoms with Crippen LogP contribution in [-0.4, -0.2) is 49.4 Å². The molecule has 2 N–H and O–H groups in total. The van der Waals surface area contributed by atoms with Crippen LogP contribution in [0.5, 0.6) is 5.75 Å². The number of benzene rings is 1. The van der Waals surface area contributed by atoms with Gasteiger partial charge < -0.3 is 19.8 Å². The van der Waals surface area contributed by atoms with Crippen molar-refractivity contribution < 1.29 is 4.74 Å². The molecule has 154 valence electrons. The maximum atomic E-state index is 12.5. The number of nitrogens with zero attached hydrogens (tertiary/aromatic N) is 3. The quantitative estimate of drug-likeness (QED) is 0.549. The van der Waals surface area contributed by atoms with Gasteiger partial charge in [-0.3, -0.25) is 14.3 Å². The number of ether oxygens (including phenoxy) is 1. The molecule has 1 aliphatic carbocycles. The molecule has 1 aliphatic heterocycles. The fourth-order valence-electron chi connectivity index (χ4n) is 4.34. The highest BCUT2D eigenvalue weighted by atomic mass is 16.5. The highest BCUT2D eigenvalue weighted by Gasteiger charge is 2.36. The Kier molecular flexibility index (Phi) is 5.09. The smallest absolute Gasteiger partial charge is 0.329 e. The van der Waals surface area contributed by atoms with Gasteiger partial charge in [0, 0.05) is 25.7 Å². The molecule has 0 amide bonds. The molecule has 8 nitrogen and oxygen atoms in total. The zero-order valence-electron chi connectivity index (χ0n) is 17.0. The molecule has 1 saturated heterocycles. The number of hydrogen-bond acceptors (Lipinski definition) is 5. The molecule has 8 heteroatoms. The van der Waals surface area contributed by atoms with Crippen LogP contribution >= 0.6 is 0 Å². The third-order valence-electron chi connectivity index (χ3n) is 6.00. The first-order valence-electron chi connectivity index (χ1n) is 10.1. The van der Waals surface area contributed by atoms with Crippen molar-refractivity contribution in [1.29, 1.82) is 0 Å². The molecular formula is C21H27N5O3. The zero-order valence-corrected chi connectivity index (χ0v) is 17.0. The molecule has 1 unspecified atom stereocenters. The van der Waals surface area contributed by atoms with Gasteiger partial charge in [-0.05, 0) is 36.8 Å². The van der Waals surface area contributed by atoms with Crippen LogP contribution in [0.25, 0.3) is 15.7 Å². The number of methoxy groups -OCH3 is 1. The standard InChI is InChI=1S/C21H27N5O3/c1-21(12-23-10-9-22-2)8-11-25(13-21)16-7-6-15-17(18(16)29-3)26(14-4-5-14)20(28)24-19(15)27/h6-7,14,23H,4-5,8-13H2,1,3H3,(H,24,27,28). The third kappa shape index (κ3) is 3.62. The number of rotatable bonds is 7. The molecule has 2 aromatic rings. The number of anilines is 1. The van der Waals surface area contributed by atoms with Gasteiger partial charge in [-0.1, -0.05) is 6.92 Å². The fraction of sp³-hybridized carbons (Fsp3) is 0.571. The predicted molar refractivity (Wildman–Crippen MR) is 113 cm³/mol. The van der Waals surface area contributed by atoms with Gasteiger partial charge in [-0.2, -0.15) is 0 Å². The molecule has 2 aliphatic rings. The van der Waals surface area contributed by atoms with Crippen molar-refractivity contribution >= 4 is 16.6 Å². The summed E-state index contributed by atoms with van der Waals surface area (Å²) in [7, 11) is 1.60. The maximum absolute atomic E-state index is 12.5. The first kappa shape index (κ1) is 19.5. The summed E-state index contributed by atoms with van der Waals surface area (Å²) in [6.45, 7) is 12.9. The zero-order chi connectivity index (χ0) is 20.6. The van der Waals surface area contributed by atoms with Gasteiger partial charge in [-0.25, -0.2) is 11.4 Å². The predicted octanol–water partition coefficient (Wildman–Crippen LogP) is 1.76. The summed E-state index contributed by atoms with van der Waals surface area (Å²) in [6, 6.07) is 3.85. The summed E-state index contributed by atoms with van der Waals surface area (Å²) in [5.41, 5.74) is 0.874. The van der Waals surface area contributed by atoms with Crippen molar-refractivity contribution in [3.05, 3.63) is 44.4 Å². The molecular weight excluding hydrogens is 370 g/mol. The van der Waals surface area contributed by atoms with Gasteiger partial charge in [0.1, 0.15) is 5.52 Å². The Hall–Kier alpha value is -2.79. The average molecular weight is 397 g/mol. The normalized spacial score (nSPS) is 21.5. The average Bonchev–Trinajstić information content (AvgIpc) is 3.46. The van der Waals surface area contributed by atoms with Gasteiger partial charge in [0.15, 0.2) is 5.75 Å². The third-order valence-corrected chi connectivity index (χ3v) is 6.00. The van der Waals surface area contributed by atoms with Crippen LogP contribution in [0.3, 0.4) is 0 Å². The summed E-state index contributed by atoms with van der Waals surface area (Å²) >= 11 is 0. The van der Waals surface area contributed by atoms with Crippen LogP contribution in [0.4, 0.5) is 5.69 Å². The maximum Gasteiger partial charge on any atom is 0.329 e. The topological polar surface area (TPSA) is 83.7 Å². The van der Waals surface area contributed by atoms with Crippen LogP contribution < -0.4 is 26.2 Å². The van der Waals surface area contributed by atoms with Crippen molar-refractivity contribution in [3.63, 3.8) is 0 Å². The lowest BCUT2D eigenvalue weighted by molar-refractivity contribution is 0.346. The fourth-order valence-corrected chi connectivity index (χ4v) is 4.34. The van der Waals surface area contributed by atoms with Crippen molar-refractivity contribution in [2.24, 2.45) is 5.41 Å². The van der Waals surface area contributed by atoms with Crippen LogP contribution in [0.15, 0.2) is 21.7 Å². The Labute approximate surface area is 169 Å². The number of fused-ring (bicyclic) bond motifs is 1. The number of hydrogen-bond donors (Lipinski definition) is 2. The second-order valence-corrected chi connectivity index (χ2v) is 8.42. The molecule has 2 heterocycles. The molecule has 1 aromatic carbocycles. The highest BCUT2D eigenvalue weighted by Crippen LogP contribution is 2.43. The number of aromatic amines is 1. The van der Waals surface area contributed by atoms with E-state index in [9.17, 15) is 9.59 Å². The van der Waals surface area contributed by atoms with E-state index < -0.39 is 0 Å². The Bertz CT molecular complexity index is 1080. The summed E-state index contributed by atoms with van der Waals surface area (Å²) in [5.74, 6) is 0.600.